The second-order valence-corrected chi connectivity index (χ2v) is 9.15. The minimum absolute atomic E-state index is 0.0578. The van der Waals surface area contributed by atoms with E-state index in [1.165, 1.54) is 0 Å². The molecule has 8 N–H and O–H groups in total. The lowest BCUT2D eigenvalue weighted by molar-refractivity contribution is -0.120. The van der Waals surface area contributed by atoms with Crippen LogP contribution in [0.5, 0.6) is 0 Å². The molecule has 30 heavy (non-hydrogen) atoms. The van der Waals surface area contributed by atoms with E-state index in [-0.39, 0.29) is 28.6 Å². The highest BCUT2D eigenvalue weighted by Gasteiger charge is 2.20. The zero-order chi connectivity index (χ0) is 24.2. The van der Waals surface area contributed by atoms with E-state index in [0.717, 1.165) is 12.8 Å². The van der Waals surface area contributed by atoms with Gasteiger partial charge in [0, 0.05) is 23.3 Å². The molecule has 0 heterocycles. The van der Waals surface area contributed by atoms with Crippen LogP contribution in [0.15, 0.2) is 12.2 Å². The van der Waals surface area contributed by atoms with Crippen molar-refractivity contribution in [2.24, 2.45) is 33.9 Å². The number of hydrogen-bond acceptors (Lipinski definition) is 7. The fourth-order valence-corrected chi connectivity index (χ4v) is 1.67. The molecule has 182 valence electrons. The van der Waals surface area contributed by atoms with Crippen LogP contribution in [0.3, 0.4) is 0 Å². The zero-order valence-electron chi connectivity index (χ0n) is 21.0. The fraction of sp³-hybridized carbons (Fsp3) is 0.870. The Labute approximate surface area is 186 Å². The maximum absolute atomic E-state index is 11.1. The summed E-state index contributed by atoms with van der Waals surface area (Å²) < 4.78 is 5.58. The second kappa shape index (κ2) is 20.1. The first kappa shape index (κ1) is 33.8. The van der Waals surface area contributed by atoms with Gasteiger partial charge in [0.2, 0.25) is 0 Å². The van der Waals surface area contributed by atoms with Gasteiger partial charge in [-0.15, -0.1) is 0 Å². The number of carbonyl (C=O) groups excluding carboxylic acids is 1. The van der Waals surface area contributed by atoms with Crippen LogP contribution in [0.1, 0.15) is 61.3 Å². The molecule has 0 aromatic carbocycles. The summed E-state index contributed by atoms with van der Waals surface area (Å²) in [5.41, 5.74) is 16.3. The number of likely N-dealkylation sites (N-methyl/N-ethyl adjacent to an activating group) is 1. The van der Waals surface area contributed by atoms with Gasteiger partial charge < -0.3 is 32.4 Å². The average molecular weight is 433 g/mol. The topological polar surface area (TPSA) is 137 Å². The predicted molar refractivity (Wildman–Crippen MR) is 129 cm³/mol. The highest BCUT2D eigenvalue weighted by molar-refractivity contribution is 5.84. The molecule has 0 aliphatic heterocycles. The number of nitrogens with two attached hydrogens (primary N) is 3. The van der Waals surface area contributed by atoms with Gasteiger partial charge in [-0.3, -0.25) is 4.79 Å². The van der Waals surface area contributed by atoms with E-state index >= 15 is 0 Å². The number of aliphatic hydroxyl groups is 1. The number of Topliss-reactive ketones (excluding diaryl/α,β-unsaturated/α-hetero) is 1. The van der Waals surface area contributed by atoms with Crippen molar-refractivity contribution in [2.45, 2.75) is 67.4 Å². The monoisotopic (exact) mass is 432 g/mol. The normalized spacial score (nSPS) is 13.7. The Hall–Kier alpha value is -0.830. The Morgan fingerprint density at radius 1 is 1.07 bits per heavy atom. The zero-order valence-corrected chi connectivity index (χ0v) is 21.0. The molecule has 0 saturated heterocycles. The van der Waals surface area contributed by atoms with Crippen LogP contribution in [0.4, 0.5) is 0 Å². The molecular weight excluding hydrogens is 380 g/mol. The van der Waals surface area contributed by atoms with Gasteiger partial charge in [-0.05, 0) is 33.0 Å². The molecular formula is C23H52N4O3. The molecule has 0 rings (SSSR count). The first-order valence-electron chi connectivity index (χ1n) is 11.1. The van der Waals surface area contributed by atoms with E-state index in [1.807, 2.05) is 26.0 Å². The summed E-state index contributed by atoms with van der Waals surface area (Å²) in [5.74, 6) is 0.305. The lowest BCUT2D eigenvalue weighted by Gasteiger charge is -2.27. The second-order valence-electron chi connectivity index (χ2n) is 9.15. The summed E-state index contributed by atoms with van der Waals surface area (Å²) in [6.45, 7) is 17.8. The Balaban J connectivity index is -0.000000389. The van der Waals surface area contributed by atoms with Crippen molar-refractivity contribution < 1.29 is 14.6 Å². The lowest BCUT2D eigenvalue weighted by Crippen LogP contribution is -2.33. The van der Waals surface area contributed by atoms with Crippen LogP contribution in [-0.4, -0.2) is 63.4 Å². The first-order chi connectivity index (χ1) is 13.9. The van der Waals surface area contributed by atoms with E-state index in [9.17, 15) is 4.79 Å². The summed E-state index contributed by atoms with van der Waals surface area (Å²) in [6.07, 6.45) is 5.45. The Morgan fingerprint density at radius 3 is 1.80 bits per heavy atom. The van der Waals surface area contributed by atoms with Gasteiger partial charge in [0.25, 0.3) is 0 Å². The van der Waals surface area contributed by atoms with Crippen LogP contribution in [-0.2, 0) is 9.53 Å². The van der Waals surface area contributed by atoms with Crippen molar-refractivity contribution in [1.82, 2.24) is 5.32 Å². The van der Waals surface area contributed by atoms with E-state index in [2.05, 4.69) is 39.9 Å². The number of nitrogens with one attached hydrogen (secondary N) is 1. The average Bonchev–Trinajstić information content (AvgIpc) is 2.72. The number of rotatable bonds is 13. The standard InChI is InChI=1S/C10H24N2O.C9H17NO.C4H11NO/c1-9(2,5-11)7-13-8-10(3,4)6-12;1-4-5-6-8(2)9(11)7-10-3;1-2-4(6)3-5/h5-8,11-12H2,1-4H3;5-6,8,10H,4,7H2,1-3H3;4,6H,2-3,5H2,1H3. The largest absolute Gasteiger partial charge is 0.392 e. The van der Waals surface area contributed by atoms with E-state index in [4.69, 9.17) is 27.0 Å². The Kier molecular flexibility index (Phi) is 22.6. The first-order valence-corrected chi connectivity index (χ1v) is 11.1. The maximum atomic E-state index is 11.1. The molecule has 7 nitrogen and oxygen atoms in total. The Bertz CT molecular complexity index is 407. The quantitative estimate of drug-likeness (QED) is 0.281. The summed E-state index contributed by atoms with van der Waals surface area (Å²) in [7, 11) is 1.79. The number of ether oxygens (including phenoxy) is 1. The highest BCUT2D eigenvalue weighted by atomic mass is 16.5. The molecule has 0 fully saturated rings. The smallest absolute Gasteiger partial charge is 0.153 e. The lowest BCUT2D eigenvalue weighted by atomic mass is 9.93. The van der Waals surface area contributed by atoms with Gasteiger partial charge in [0.1, 0.15) is 0 Å². The third kappa shape index (κ3) is 23.4. The summed E-state index contributed by atoms with van der Waals surface area (Å²) >= 11 is 0. The molecule has 2 unspecified atom stereocenters. The van der Waals surface area contributed by atoms with Gasteiger partial charge >= 0.3 is 0 Å². The van der Waals surface area contributed by atoms with Gasteiger partial charge in [-0.2, -0.15) is 0 Å². The van der Waals surface area contributed by atoms with Crippen LogP contribution in [0.25, 0.3) is 0 Å². The summed E-state index contributed by atoms with van der Waals surface area (Å²) in [4.78, 5) is 11.1. The number of aliphatic hydroxyl groups excluding tert-OH is 1. The number of allylic oxidation sites excluding steroid dienone is 2. The van der Waals surface area contributed by atoms with E-state index in [1.54, 1.807) is 7.05 Å². The summed E-state index contributed by atoms with van der Waals surface area (Å²) in [6, 6.07) is 0. The van der Waals surface area contributed by atoms with Gasteiger partial charge in [-0.1, -0.05) is 60.6 Å². The van der Waals surface area contributed by atoms with Crippen LogP contribution >= 0.6 is 0 Å². The molecule has 0 saturated carbocycles. The molecule has 0 aliphatic carbocycles. The number of ketones is 1. The molecule has 0 bridgehead atoms. The molecule has 0 spiro atoms. The van der Waals surface area contributed by atoms with Crippen molar-refractivity contribution in [1.29, 1.82) is 0 Å². The number of hydrogen-bond donors (Lipinski definition) is 5. The van der Waals surface area contributed by atoms with Crippen molar-refractivity contribution in [2.75, 3.05) is 46.4 Å². The molecule has 2 atom stereocenters. The molecule has 0 aliphatic rings. The van der Waals surface area contributed by atoms with Gasteiger partial charge in [0.05, 0.1) is 25.9 Å². The third-order valence-corrected chi connectivity index (χ3v) is 4.35. The highest BCUT2D eigenvalue weighted by Crippen LogP contribution is 2.17. The van der Waals surface area contributed by atoms with Crippen molar-refractivity contribution >= 4 is 5.78 Å². The number of carbonyl (C=O) groups is 1. The third-order valence-electron chi connectivity index (χ3n) is 4.35. The van der Waals surface area contributed by atoms with Crippen molar-refractivity contribution in [3.05, 3.63) is 12.2 Å². The predicted octanol–water partition coefficient (Wildman–Crippen LogP) is 2.07. The van der Waals surface area contributed by atoms with Crippen LogP contribution in [0, 0.1) is 16.7 Å². The van der Waals surface area contributed by atoms with Crippen LogP contribution in [0.2, 0.25) is 0 Å². The van der Waals surface area contributed by atoms with E-state index in [0.29, 0.717) is 39.4 Å². The molecule has 7 heteroatoms. The maximum Gasteiger partial charge on any atom is 0.153 e. The summed E-state index contributed by atoms with van der Waals surface area (Å²) in [5, 5.41) is 11.4. The van der Waals surface area contributed by atoms with Crippen molar-refractivity contribution in [3.8, 4) is 0 Å². The molecule has 0 aromatic rings. The fourth-order valence-electron chi connectivity index (χ4n) is 1.67. The molecule has 0 aromatic heterocycles. The Morgan fingerprint density at radius 2 is 1.53 bits per heavy atom. The van der Waals surface area contributed by atoms with Gasteiger partial charge in [0.15, 0.2) is 5.78 Å². The van der Waals surface area contributed by atoms with Crippen LogP contribution < -0.4 is 22.5 Å². The van der Waals surface area contributed by atoms with Gasteiger partial charge in [-0.25, -0.2) is 0 Å². The molecule has 0 radical (unpaired) electrons. The minimum Gasteiger partial charge on any atom is -0.392 e. The molecule has 0 amide bonds. The SMILES string of the molecule is CC(C)(CN)COCC(C)(C)CN.CCC(O)CN.CCC=CC(C)C(=O)CNC. The van der Waals surface area contributed by atoms with E-state index < -0.39 is 0 Å². The minimum atomic E-state index is -0.287. The van der Waals surface area contributed by atoms with Crippen molar-refractivity contribution in [3.63, 3.8) is 0 Å².